The summed E-state index contributed by atoms with van der Waals surface area (Å²) in [5.74, 6) is 0.771. The highest BCUT2D eigenvalue weighted by Gasteiger charge is 2.31. The number of likely N-dealkylation sites (tertiary alicyclic amines) is 1. The first kappa shape index (κ1) is 22.9. The van der Waals surface area contributed by atoms with Gasteiger partial charge in [-0.15, -0.1) is 35.3 Å². The third kappa shape index (κ3) is 7.15. The molecule has 3 rings (SSSR count). The van der Waals surface area contributed by atoms with Crippen LogP contribution in [0.15, 0.2) is 26.7 Å². The molecule has 0 atom stereocenters. The van der Waals surface area contributed by atoms with Gasteiger partial charge in [0.25, 0.3) is 0 Å². The quantitative estimate of drug-likeness (QED) is 0.208. The van der Waals surface area contributed by atoms with E-state index in [1.54, 1.807) is 17.5 Å². The van der Waals surface area contributed by atoms with E-state index in [0.29, 0.717) is 16.8 Å². The van der Waals surface area contributed by atoms with Crippen molar-refractivity contribution < 1.29 is 8.42 Å². The monoisotopic (exact) mass is 527 g/mol. The fraction of sp³-hybridized carbons (Fsp3) is 0.706. The Morgan fingerprint density at radius 1 is 1.30 bits per heavy atom. The predicted octanol–water partition coefficient (Wildman–Crippen LogP) is 1.83. The van der Waals surface area contributed by atoms with Gasteiger partial charge in [-0.3, -0.25) is 4.99 Å². The fourth-order valence-electron chi connectivity index (χ4n) is 3.20. The summed E-state index contributed by atoms with van der Waals surface area (Å²) in [5.41, 5.74) is 0. The molecule has 1 saturated heterocycles. The van der Waals surface area contributed by atoms with E-state index in [2.05, 4.69) is 25.2 Å². The van der Waals surface area contributed by atoms with E-state index in [1.165, 1.54) is 24.2 Å². The molecule has 27 heavy (non-hydrogen) atoms. The van der Waals surface area contributed by atoms with Crippen LogP contribution in [0.1, 0.15) is 32.6 Å². The van der Waals surface area contributed by atoms with Gasteiger partial charge in [0.1, 0.15) is 4.21 Å². The summed E-state index contributed by atoms with van der Waals surface area (Å²) >= 11 is 1.22. The molecule has 2 fully saturated rings. The van der Waals surface area contributed by atoms with Crippen molar-refractivity contribution in [3.8, 4) is 0 Å². The van der Waals surface area contributed by atoms with Crippen molar-refractivity contribution in [1.29, 1.82) is 0 Å². The van der Waals surface area contributed by atoms with Crippen molar-refractivity contribution in [2.45, 2.75) is 48.9 Å². The Kier molecular flexibility index (Phi) is 9.26. The molecule has 1 aliphatic heterocycles. The molecule has 7 nitrogen and oxygen atoms in total. The van der Waals surface area contributed by atoms with Gasteiger partial charge in [0.2, 0.25) is 10.0 Å². The number of hydrogen-bond acceptors (Lipinski definition) is 5. The Morgan fingerprint density at radius 2 is 2.04 bits per heavy atom. The molecule has 0 amide bonds. The zero-order valence-corrected chi connectivity index (χ0v) is 19.6. The highest BCUT2D eigenvalue weighted by Crippen LogP contribution is 2.29. The van der Waals surface area contributed by atoms with Gasteiger partial charge in [-0.05, 0) is 44.1 Å². The van der Waals surface area contributed by atoms with Crippen LogP contribution in [0.25, 0.3) is 0 Å². The van der Waals surface area contributed by atoms with Crippen LogP contribution in [0.2, 0.25) is 0 Å². The van der Waals surface area contributed by atoms with Crippen molar-refractivity contribution in [3.05, 3.63) is 17.5 Å². The SMILES string of the molecule is CCNC(=NCCNS(=O)(=O)c1cccs1)NC1CCN(C2CC2)CC1.I. The molecule has 1 saturated carbocycles. The van der Waals surface area contributed by atoms with Crippen molar-refractivity contribution in [3.63, 3.8) is 0 Å². The molecule has 1 aromatic rings. The fourth-order valence-corrected chi connectivity index (χ4v) is 5.26. The molecule has 0 bridgehead atoms. The molecule has 1 aliphatic carbocycles. The second kappa shape index (κ2) is 10.9. The molecule has 10 heteroatoms. The number of nitrogens with zero attached hydrogens (tertiary/aromatic N) is 2. The Bertz CT molecular complexity index is 684. The first-order chi connectivity index (χ1) is 12.6. The highest BCUT2D eigenvalue weighted by atomic mass is 127. The number of piperidine rings is 1. The number of sulfonamides is 1. The van der Waals surface area contributed by atoms with Crippen LogP contribution in [-0.2, 0) is 10.0 Å². The van der Waals surface area contributed by atoms with Crippen LogP contribution in [0.5, 0.6) is 0 Å². The first-order valence-corrected chi connectivity index (χ1v) is 11.8. The topological polar surface area (TPSA) is 85.8 Å². The summed E-state index contributed by atoms with van der Waals surface area (Å²) < 4.78 is 27.1. The minimum atomic E-state index is -3.41. The average Bonchev–Trinajstić information content (AvgIpc) is 3.32. The zero-order valence-electron chi connectivity index (χ0n) is 15.7. The van der Waals surface area contributed by atoms with Crippen molar-refractivity contribution in [2.24, 2.45) is 4.99 Å². The molecule has 0 unspecified atom stereocenters. The number of halogens is 1. The van der Waals surface area contributed by atoms with E-state index in [-0.39, 0.29) is 30.5 Å². The van der Waals surface area contributed by atoms with Crippen LogP contribution < -0.4 is 15.4 Å². The summed E-state index contributed by atoms with van der Waals surface area (Å²) in [6.45, 7) is 5.82. The molecule has 0 aromatic carbocycles. The van der Waals surface area contributed by atoms with Gasteiger partial charge in [0.05, 0.1) is 6.54 Å². The van der Waals surface area contributed by atoms with Crippen LogP contribution in [-0.4, -0.2) is 64.1 Å². The summed E-state index contributed by atoms with van der Waals surface area (Å²) in [7, 11) is -3.41. The summed E-state index contributed by atoms with van der Waals surface area (Å²) in [5, 5.41) is 8.51. The van der Waals surface area contributed by atoms with E-state index in [9.17, 15) is 8.42 Å². The smallest absolute Gasteiger partial charge is 0.250 e. The molecule has 0 spiro atoms. The third-order valence-electron chi connectivity index (χ3n) is 4.71. The van der Waals surface area contributed by atoms with Gasteiger partial charge in [-0.1, -0.05) is 6.07 Å². The maximum Gasteiger partial charge on any atom is 0.250 e. The number of hydrogen-bond donors (Lipinski definition) is 3. The predicted molar refractivity (Wildman–Crippen MR) is 122 cm³/mol. The Hall–Kier alpha value is -0.430. The lowest BCUT2D eigenvalue weighted by atomic mass is 10.1. The number of aliphatic imine (C=N–C) groups is 1. The Labute approximate surface area is 183 Å². The second-order valence-electron chi connectivity index (χ2n) is 6.78. The van der Waals surface area contributed by atoms with E-state index in [0.717, 1.165) is 44.5 Å². The molecular weight excluding hydrogens is 497 g/mol. The number of rotatable bonds is 8. The van der Waals surface area contributed by atoms with E-state index >= 15 is 0 Å². The maximum absolute atomic E-state index is 12.1. The maximum atomic E-state index is 12.1. The van der Waals surface area contributed by atoms with E-state index in [4.69, 9.17) is 0 Å². The van der Waals surface area contributed by atoms with E-state index in [1.807, 2.05) is 6.92 Å². The van der Waals surface area contributed by atoms with Gasteiger partial charge in [0, 0.05) is 38.3 Å². The molecule has 3 N–H and O–H groups in total. The van der Waals surface area contributed by atoms with Crippen molar-refractivity contribution >= 4 is 51.3 Å². The van der Waals surface area contributed by atoms with Crippen LogP contribution in [0.3, 0.4) is 0 Å². The Morgan fingerprint density at radius 3 is 2.63 bits per heavy atom. The van der Waals surface area contributed by atoms with Crippen molar-refractivity contribution in [2.75, 3.05) is 32.7 Å². The van der Waals surface area contributed by atoms with E-state index < -0.39 is 10.0 Å². The lowest BCUT2D eigenvalue weighted by Crippen LogP contribution is -2.49. The molecule has 2 aliphatic rings. The number of guanidine groups is 1. The second-order valence-corrected chi connectivity index (χ2v) is 9.72. The van der Waals surface area contributed by atoms with Gasteiger partial charge in [0.15, 0.2) is 5.96 Å². The normalized spacial score (nSPS) is 19.5. The van der Waals surface area contributed by atoms with Gasteiger partial charge < -0.3 is 15.5 Å². The summed E-state index contributed by atoms with van der Waals surface area (Å²) in [6.07, 6.45) is 4.99. The Balaban J connectivity index is 0.00000261. The minimum Gasteiger partial charge on any atom is -0.357 e. The number of thiophene rings is 1. The first-order valence-electron chi connectivity index (χ1n) is 9.40. The van der Waals surface area contributed by atoms with Gasteiger partial charge in [-0.25, -0.2) is 13.1 Å². The van der Waals surface area contributed by atoms with Crippen molar-refractivity contribution in [1.82, 2.24) is 20.3 Å². The van der Waals surface area contributed by atoms with Gasteiger partial charge >= 0.3 is 0 Å². The minimum absolute atomic E-state index is 0. The average molecular weight is 527 g/mol. The van der Waals surface area contributed by atoms with Crippen LogP contribution >= 0.6 is 35.3 Å². The zero-order chi connectivity index (χ0) is 18.4. The molecule has 154 valence electrons. The lowest BCUT2D eigenvalue weighted by Gasteiger charge is -2.33. The lowest BCUT2D eigenvalue weighted by molar-refractivity contribution is 0.197. The summed E-state index contributed by atoms with van der Waals surface area (Å²) in [6, 6.07) is 4.62. The molecular formula is C17H30IN5O2S2. The van der Waals surface area contributed by atoms with Gasteiger partial charge in [-0.2, -0.15) is 0 Å². The highest BCUT2D eigenvalue weighted by molar-refractivity contribution is 14.0. The number of nitrogens with one attached hydrogen (secondary N) is 3. The van der Waals surface area contributed by atoms with Crippen LogP contribution in [0.4, 0.5) is 0 Å². The standard InChI is InChI=1S/C17H29N5O2S2.HI/c1-2-18-17(21-14-7-11-22(12-8-14)15-5-6-15)19-9-10-20-26(23,24)16-4-3-13-25-16;/h3-4,13-15,20H,2,5-12H2,1H3,(H2,18,19,21);1H. The third-order valence-corrected chi connectivity index (χ3v) is 7.57. The molecule has 2 heterocycles. The van der Waals surface area contributed by atoms with Crippen LogP contribution in [0, 0.1) is 0 Å². The molecule has 1 aromatic heterocycles. The largest absolute Gasteiger partial charge is 0.357 e. The summed E-state index contributed by atoms with van der Waals surface area (Å²) in [4.78, 5) is 7.11. The molecule has 0 radical (unpaired) electrons.